The third-order valence-electron chi connectivity index (χ3n) is 2.11. The van der Waals surface area contributed by atoms with Gasteiger partial charge in [0, 0.05) is 6.42 Å². The lowest BCUT2D eigenvalue weighted by Crippen LogP contribution is -2.20. The van der Waals surface area contributed by atoms with Crippen LogP contribution < -0.4 is 9.47 Å². The molecule has 1 atom stereocenters. The molecular formula is C14H20O4. The van der Waals surface area contributed by atoms with Crippen LogP contribution in [0.4, 0.5) is 0 Å². The summed E-state index contributed by atoms with van der Waals surface area (Å²) in [6.45, 7) is 7.50. The van der Waals surface area contributed by atoms with Crippen molar-refractivity contribution in [3.05, 3.63) is 24.3 Å². The maximum atomic E-state index is 11.1. The molecule has 0 aromatic heterocycles. The average Bonchev–Trinajstić information content (AvgIpc) is 2.30. The number of benzene rings is 1. The Morgan fingerprint density at radius 2 is 1.67 bits per heavy atom. The number of carbonyl (C=O) groups excluding carboxylic acids is 1. The van der Waals surface area contributed by atoms with E-state index in [2.05, 4.69) is 0 Å². The van der Waals surface area contributed by atoms with E-state index >= 15 is 0 Å². The molecule has 100 valence electrons. The van der Waals surface area contributed by atoms with Crippen LogP contribution in [0.5, 0.6) is 11.5 Å². The van der Waals surface area contributed by atoms with Gasteiger partial charge < -0.3 is 14.2 Å². The van der Waals surface area contributed by atoms with Gasteiger partial charge in [-0.05, 0) is 45.0 Å². The van der Waals surface area contributed by atoms with Gasteiger partial charge in [-0.1, -0.05) is 6.92 Å². The predicted octanol–water partition coefficient (Wildman–Crippen LogP) is 3.15. The molecule has 1 aromatic carbocycles. The number of hydrogen-bond donors (Lipinski definition) is 0. The molecule has 1 aromatic rings. The fourth-order valence-corrected chi connectivity index (χ4v) is 1.39. The molecular weight excluding hydrogens is 232 g/mol. The Bertz CT molecular complexity index is 370. The Morgan fingerprint density at radius 3 is 2.17 bits per heavy atom. The van der Waals surface area contributed by atoms with Crippen LogP contribution in [0.3, 0.4) is 0 Å². The van der Waals surface area contributed by atoms with Gasteiger partial charge in [-0.2, -0.15) is 0 Å². The summed E-state index contributed by atoms with van der Waals surface area (Å²) in [4.78, 5) is 11.1. The van der Waals surface area contributed by atoms with E-state index < -0.39 is 0 Å². The van der Waals surface area contributed by atoms with Crippen molar-refractivity contribution < 1.29 is 19.0 Å². The van der Waals surface area contributed by atoms with E-state index in [1.807, 2.05) is 20.8 Å². The standard InChI is InChI=1S/C14H20O4/c1-5-14(15)18-13-8-6-12(7-9-13)17-11(4)16-10(2)3/h6-11H,5H2,1-4H3. The molecule has 18 heavy (non-hydrogen) atoms. The molecule has 0 saturated carbocycles. The summed E-state index contributed by atoms with van der Waals surface area (Å²) in [7, 11) is 0. The van der Waals surface area contributed by atoms with E-state index in [0.29, 0.717) is 17.9 Å². The normalized spacial score (nSPS) is 12.3. The van der Waals surface area contributed by atoms with E-state index in [1.54, 1.807) is 31.2 Å². The van der Waals surface area contributed by atoms with Gasteiger partial charge >= 0.3 is 5.97 Å². The van der Waals surface area contributed by atoms with E-state index in [9.17, 15) is 4.79 Å². The van der Waals surface area contributed by atoms with Crippen LogP contribution >= 0.6 is 0 Å². The number of ether oxygens (including phenoxy) is 3. The van der Waals surface area contributed by atoms with E-state index in [-0.39, 0.29) is 18.4 Å². The molecule has 4 nitrogen and oxygen atoms in total. The van der Waals surface area contributed by atoms with Crippen LogP contribution in [0.1, 0.15) is 34.1 Å². The monoisotopic (exact) mass is 252 g/mol. The minimum atomic E-state index is -0.311. The van der Waals surface area contributed by atoms with Crippen molar-refractivity contribution in [2.24, 2.45) is 0 Å². The first-order valence-corrected chi connectivity index (χ1v) is 6.14. The largest absolute Gasteiger partial charge is 0.465 e. The second kappa shape index (κ2) is 7.01. The van der Waals surface area contributed by atoms with E-state index in [4.69, 9.17) is 14.2 Å². The molecule has 0 aliphatic rings. The second-order valence-electron chi connectivity index (χ2n) is 4.17. The van der Waals surface area contributed by atoms with Crippen molar-refractivity contribution in [2.75, 3.05) is 0 Å². The minimum absolute atomic E-state index is 0.116. The van der Waals surface area contributed by atoms with Gasteiger partial charge in [-0.15, -0.1) is 0 Å². The van der Waals surface area contributed by atoms with Gasteiger partial charge in [-0.3, -0.25) is 4.79 Å². The molecule has 0 heterocycles. The maximum Gasteiger partial charge on any atom is 0.310 e. The number of hydrogen-bond acceptors (Lipinski definition) is 4. The lowest BCUT2D eigenvalue weighted by molar-refractivity contribution is -0.134. The Hall–Kier alpha value is -1.55. The van der Waals surface area contributed by atoms with Crippen LogP contribution in [0, 0.1) is 0 Å². The third kappa shape index (κ3) is 5.19. The number of esters is 1. The summed E-state index contributed by atoms with van der Waals surface area (Å²) in [6.07, 6.45) is 0.163. The third-order valence-corrected chi connectivity index (χ3v) is 2.11. The smallest absolute Gasteiger partial charge is 0.310 e. The van der Waals surface area contributed by atoms with Crippen LogP contribution in [-0.4, -0.2) is 18.4 Å². The molecule has 0 radical (unpaired) electrons. The van der Waals surface area contributed by atoms with Gasteiger partial charge in [0.1, 0.15) is 11.5 Å². The second-order valence-corrected chi connectivity index (χ2v) is 4.17. The summed E-state index contributed by atoms with van der Waals surface area (Å²) in [6, 6.07) is 6.90. The van der Waals surface area contributed by atoms with Crippen molar-refractivity contribution >= 4 is 5.97 Å². The van der Waals surface area contributed by atoms with E-state index in [1.165, 1.54) is 0 Å². The molecule has 0 fully saturated rings. The summed E-state index contributed by atoms with van der Waals surface area (Å²) < 4.78 is 16.1. The van der Waals surface area contributed by atoms with Crippen molar-refractivity contribution in [1.29, 1.82) is 0 Å². The Morgan fingerprint density at radius 1 is 1.11 bits per heavy atom. The molecule has 0 spiro atoms. The van der Waals surface area contributed by atoms with Crippen molar-refractivity contribution in [3.63, 3.8) is 0 Å². The van der Waals surface area contributed by atoms with Crippen molar-refractivity contribution in [1.82, 2.24) is 0 Å². The van der Waals surface area contributed by atoms with Gasteiger partial charge in [-0.25, -0.2) is 0 Å². The fourth-order valence-electron chi connectivity index (χ4n) is 1.39. The molecule has 0 bridgehead atoms. The molecule has 0 amide bonds. The number of carbonyl (C=O) groups is 1. The van der Waals surface area contributed by atoms with Crippen LogP contribution in [-0.2, 0) is 9.53 Å². The molecule has 4 heteroatoms. The molecule has 0 N–H and O–H groups in total. The topological polar surface area (TPSA) is 44.8 Å². The summed E-state index contributed by atoms with van der Waals surface area (Å²) >= 11 is 0. The first kappa shape index (κ1) is 14.5. The maximum absolute atomic E-state index is 11.1. The zero-order valence-electron chi connectivity index (χ0n) is 11.3. The summed E-state index contributed by atoms with van der Waals surface area (Å²) in [5.74, 6) is 0.950. The average molecular weight is 252 g/mol. The Balaban J connectivity index is 2.52. The van der Waals surface area contributed by atoms with Crippen LogP contribution in [0.25, 0.3) is 0 Å². The van der Waals surface area contributed by atoms with Crippen molar-refractivity contribution in [2.45, 2.75) is 46.5 Å². The first-order chi connectivity index (χ1) is 8.51. The lowest BCUT2D eigenvalue weighted by atomic mass is 10.3. The van der Waals surface area contributed by atoms with Crippen LogP contribution in [0.15, 0.2) is 24.3 Å². The molecule has 1 unspecified atom stereocenters. The molecule has 0 aliphatic heterocycles. The van der Waals surface area contributed by atoms with Gasteiger partial charge in [0.15, 0.2) is 6.29 Å². The highest BCUT2D eigenvalue weighted by atomic mass is 16.7. The molecule has 0 saturated heterocycles. The number of rotatable bonds is 6. The fraction of sp³-hybridized carbons (Fsp3) is 0.500. The van der Waals surface area contributed by atoms with E-state index in [0.717, 1.165) is 0 Å². The lowest BCUT2D eigenvalue weighted by Gasteiger charge is -2.17. The highest BCUT2D eigenvalue weighted by Crippen LogP contribution is 2.19. The quantitative estimate of drug-likeness (QED) is 0.443. The van der Waals surface area contributed by atoms with Gasteiger partial charge in [0.2, 0.25) is 0 Å². The zero-order valence-corrected chi connectivity index (χ0v) is 11.3. The van der Waals surface area contributed by atoms with Gasteiger partial charge in [0.05, 0.1) is 6.10 Å². The van der Waals surface area contributed by atoms with Gasteiger partial charge in [0.25, 0.3) is 0 Å². The predicted molar refractivity (Wildman–Crippen MR) is 68.7 cm³/mol. The molecule has 1 rings (SSSR count). The molecule has 0 aliphatic carbocycles. The van der Waals surface area contributed by atoms with Crippen LogP contribution in [0.2, 0.25) is 0 Å². The highest BCUT2D eigenvalue weighted by molar-refractivity contribution is 5.71. The summed E-state index contributed by atoms with van der Waals surface area (Å²) in [5, 5.41) is 0. The summed E-state index contributed by atoms with van der Waals surface area (Å²) in [5.41, 5.74) is 0. The Kier molecular flexibility index (Phi) is 5.65. The minimum Gasteiger partial charge on any atom is -0.465 e. The first-order valence-electron chi connectivity index (χ1n) is 6.14. The highest BCUT2D eigenvalue weighted by Gasteiger charge is 2.07. The van der Waals surface area contributed by atoms with Crippen molar-refractivity contribution in [3.8, 4) is 11.5 Å². The SMILES string of the molecule is CCC(=O)Oc1ccc(OC(C)OC(C)C)cc1. The Labute approximate surface area is 108 Å². The zero-order chi connectivity index (χ0) is 13.5.